The van der Waals surface area contributed by atoms with E-state index in [1.165, 1.54) is 22.2 Å². The van der Waals surface area contributed by atoms with Crippen LogP contribution >= 0.6 is 23.5 Å². The molecule has 3 rings (SSSR count). The predicted octanol–water partition coefficient (Wildman–Crippen LogP) is 2.54. The molecule has 0 saturated heterocycles. The molecule has 1 aliphatic rings. The van der Waals surface area contributed by atoms with Gasteiger partial charge in [0.05, 0.1) is 0 Å². The van der Waals surface area contributed by atoms with Crippen LogP contribution in [0, 0.1) is 0 Å². The van der Waals surface area contributed by atoms with Gasteiger partial charge in [-0.05, 0) is 23.7 Å². The Hall–Kier alpha value is -0.835. The maximum Gasteiger partial charge on any atom is 0.327 e. The Morgan fingerprint density at radius 2 is 1.50 bits per heavy atom. The second-order valence-corrected chi connectivity index (χ2v) is 5.59. The molecule has 0 atom stereocenters. The van der Waals surface area contributed by atoms with Crippen molar-refractivity contribution in [3.8, 4) is 0 Å². The summed E-state index contributed by atoms with van der Waals surface area (Å²) >= 11 is 3.48. The highest BCUT2D eigenvalue weighted by Crippen LogP contribution is 2.47. The van der Waals surface area contributed by atoms with Crippen LogP contribution in [0.25, 0.3) is 0 Å². The van der Waals surface area contributed by atoms with Gasteiger partial charge >= 0.3 is 7.48 Å². The monoisotopic (exact) mass is 243 g/mol. The van der Waals surface area contributed by atoms with Crippen LogP contribution in [-0.2, 0) is 0 Å². The van der Waals surface area contributed by atoms with E-state index in [1.807, 2.05) is 18.2 Å². The van der Waals surface area contributed by atoms with Gasteiger partial charge in [-0.15, -0.1) is 0 Å². The summed E-state index contributed by atoms with van der Waals surface area (Å²) in [6.07, 6.45) is 0. The van der Waals surface area contributed by atoms with Gasteiger partial charge in [-0.25, -0.2) is 0 Å². The van der Waals surface area contributed by atoms with Gasteiger partial charge in [-0.2, -0.15) is 0 Å². The fourth-order valence-corrected chi connectivity index (χ4v) is 4.02. The minimum Gasteiger partial charge on any atom is -0.450 e. The number of fused-ring (bicyclic) bond motifs is 2. The lowest BCUT2D eigenvalue weighted by Gasteiger charge is -2.19. The zero-order chi connectivity index (χ0) is 11.0. The third-order valence-electron chi connectivity index (χ3n) is 2.43. The zero-order valence-corrected chi connectivity index (χ0v) is 10.0. The Bertz CT molecular complexity index is 542. The van der Waals surface area contributed by atoms with Crippen molar-refractivity contribution in [2.75, 3.05) is 0 Å². The fraction of sp³-hybridized carbons (Fsp3) is 0. The van der Waals surface area contributed by atoms with Gasteiger partial charge in [0.15, 0.2) is 0 Å². The SMILES string of the molecule is O[B]c1cccc2c1Sc1ccccc1S2. The van der Waals surface area contributed by atoms with E-state index in [9.17, 15) is 5.02 Å². The van der Waals surface area contributed by atoms with Crippen LogP contribution in [-0.4, -0.2) is 12.5 Å². The summed E-state index contributed by atoms with van der Waals surface area (Å²) in [5.41, 5.74) is 0.893. The predicted molar refractivity (Wildman–Crippen MR) is 68.7 cm³/mol. The van der Waals surface area contributed by atoms with E-state index in [4.69, 9.17) is 0 Å². The molecule has 0 bridgehead atoms. The summed E-state index contributed by atoms with van der Waals surface area (Å²) in [5, 5.41) is 9.19. The molecule has 1 radical (unpaired) electrons. The average Bonchev–Trinajstić information content (AvgIpc) is 2.35. The van der Waals surface area contributed by atoms with Gasteiger partial charge in [0.1, 0.15) is 0 Å². The number of hydrogen-bond donors (Lipinski definition) is 1. The van der Waals surface area contributed by atoms with Crippen molar-refractivity contribution in [1.82, 2.24) is 0 Å². The molecule has 2 aromatic carbocycles. The quantitative estimate of drug-likeness (QED) is 0.663. The minimum atomic E-state index is 0.893. The molecule has 2 aromatic rings. The van der Waals surface area contributed by atoms with Crippen molar-refractivity contribution in [1.29, 1.82) is 0 Å². The van der Waals surface area contributed by atoms with Crippen molar-refractivity contribution >= 4 is 36.5 Å². The summed E-state index contributed by atoms with van der Waals surface area (Å²) in [7, 11) is 1.18. The Morgan fingerprint density at radius 1 is 0.812 bits per heavy atom. The van der Waals surface area contributed by atoms with E-state index in [0.717, 1.165) is 10.4 Å². The van der Waals surface area contributed by atoms with Crippen LogP contribution in [0.2, 0.25) is 0 Å². The largest absolute Gasteiger partial charge is 0.450 e. The first-order chi connectivity index (χ1) is 7.88. The molecule has 1 heterocycles. The van der Waals surface area contributed by atoms with Crippen molar-refractivity contribution < 1.29 is 5.02 Å². The second kappa shape index (κ2) is 4.20. The van der Waals surface area contributed by atoms with Gasteiger partial charge in [0.25, 0.3) is 0 Å². The third kappa shape index (κ3) is 1.67. The average molecular weight is 243 g/mol. The van der Waals surface area contributed by atoms with Crippen molar-refractivity contribution in [3.63, 3.8) is 0 Å². The van der Waals surface area contributed by atoms with E-state index in [0.29, 0.717) is 0 Å². The topological polar surface area (TPSA) is 20.2 Å². The van der Waals surface area contributed by atoms with E-state index >= 15 is 0 Å². The Morgan fingerprint density at radius 3 is 2.25 bits per heavy atom. The van der Waals surface area contributed by atoms with Gasteiger partial charge in [-0.1, -0.05) is 47.8 Å². The highest BCUT2D eigenvalue weighted by molar-refractivity contribution is 8.05. The lowest BCUT2D eigenvalue weighted by atomic mass is 9.89. The van der Waals surface area contributed by atoms with Crippen LogP contribution in [0.5, 0.6) is 0 Å². The summed E-state index contributed by atoms with van der Waals surface area (Å²) in [6, 6.07) is 14.3. The highest BCUT2D eigenvalue weighted by Gasteiger charge is 2.18. The van der Waals surface area contributed by atoms with Gasteiger partial charge < -0.3 is 5.02 Å². The molecule has 1 aliphatic heterocycles. The second-order valence-electron chi connectivity index (χ2n) is 3.45. The molecule has 1 nitrogen and oxygen atoms in total. The fourth-order valence-electron chi connectivity index (χ4n) is 1.67. The van der Waals surface area contributed by atoms with Gasteiger partial charge in [0, 0.05) is 19.6 Å². The molecular weight excluding hydrogens is 235 g/mol. The zero-order valence-electron chi connectivity index (χ0n) is 8.38. The summed E-state index contributed by atoms with van der Waals surface area (Å²) < 4.78 is 0. The van der Waals surface area contributed by atoms with E-state index < -0.39 is 0 Å². The number of rotatable bonds is 1. The molecule has 0 spiro atoms. The maximum absolute atomic E-state index is 9.19. The first-order valence-corrected chi connectivity index (χ1v) is 6.57. The third-order valence-corrected chi connectivity index (χ3v) is 5.06. The van der Waals surface area contributed by atoms with Crippen molar-refractivity contribution in [2.45, 2.75) is 19.6 Å². The van der Waals surface area contributed by atoms with Crippen LogP contribution in [0.4, 0.5) is 0 Å². The molecule has 0 aliphatic carbocycles. The lowest BCUT2D eigenvalue weighted by molar-refractivity contribution is 0.614. The first kappa shape index (κ1) is 10.3. The van der Waals surface area contributed by atoms with Crippen LogP contribution in [0.3, 0.4) is 0 Å². The van der Waals surface area contributed by atoms with E-state index in [1.54, 1.807) is 23.5 Å². The normalized spacial score (nSPS) is 12.8. The molecule has 77 valence electrons. The Balaban J connectivity index is 2.12. The maximum atomic E-state index is 9.19. The van der Waals surface area contributed by atoms with E-state index in [-0.39, 0.29) is 0 Å². The molecule has 4 heteroatoms. The number of hydrogen-bond acceptors (Lipinski definition) is 3. The summed E-state index contributed by atoms with van der Waals surface area (Å²) in [5.74, 6) is 0. The molecule has 1 N–H and O–H groups in total. The standard InChI is InChI=1S/C12H8BOS2/c14-13-8-4-3-7-11-12(8)16-10-6-2-1-5-9(10)15-11/h1-7,14H. The molecule has 0 saturated carbocycles. The summed E-state index contributed by atoms with van der Waals surface area (Å²) in [4.78, 5) is 4.91. The van der Waals surface area contributed by atoms with Crippen LogP contribution in [0.15, 0.2) is 62.0 Å². The first-order valence-electron chi connectivity index (χ1n) is 4.93. The molecule has 0 fully saturated rings. The van der Waals surface area contributed by atoms with Crippen molar-refractivity contribution in [2.24, 2.45) is 0 Å². The minimum absolute atomic E-state index is 0.893. The summed E-state index contributed by atoms with van der Waals surface area (Å²) in [6.45, 7) is 0. The van der Waals surface area contributed by atoms with Crippen molar-refractivity contribution in [3.05, 3.63) is 42.5 Å². The Kier molecular flexibility index (Phi) is 2.71. The van der Waals surface area contributed by atoms with Crippen LogP contribution in [0.1, 0.15) is 0 Å². The molecule has 0 aromatic heterocycles. The molecule has 0 amide bonds. The Labute approximate surface area is 104 Å². The smallest absolute Gasteiger partial charge is 0.327 e. The van der Waals surface area contributed by atoms with Gasteiger partial charge in [0.2, 0.25) is 0 Å². The highest BCUT2D eigenvalue weighted by atomic mass is 32.2. The van der Waals surface area contributed by atoms with Gasteiger partial charge in [-0.3, -0.25) is 0 Å². The lowest BCUT2D eigenvalue weighted by Crippen LogP contribution is -2.17. The molecule has 16 heavy (non-hydrogen) atoms. The van der Waals surface area contributed by atoms with E-state index in [2.05, 4.69) is 24.3 Å². The molecular formula is C12H8BOS2. The molecule has 0 unspecified atom stereocenters. The number of benzene rings is 2. The van der Waals surface area contributed by atoms with Crippen LogP contribution < -0.4 is 5.46 Å².